The van der Waals surface area contributed by atoms with E-state index in [2.05, 4.69) is 10.6 Å². The second-order valence-electron chi connectivity index (χ2n) is 6.32. The summed E-state index contributed by atoms with van der Waals surface area (Å²) in [5, 5.41) is 16.4. The van der Waals surface area contributed by atoms with Crippen LogP contribution in [0.4, 0.5) is 0 Å². The molecule has 1 aliphatic heterocycles. The van der Waals surface area contributed by atoms with Gasteiger partial charge in [-0.25, -0.2) is 0 Å². The Morgan fingerprint density at radius 2 is 2.04 bits per heavy atom. The molecule has 24 heavy (non-hydrogen) atoms. The lowest BCUT2D eigenvalue weighted by atomic mass is 9.91. The molecule has 6 nitrogen and oxygen atoms in total. The van der Waals surface area contributed by atoms with Crippen LogP contribution in [0.5, 0.6) is 0 Å². The minimum absolute atomic E-state index is 0.0867. The van der Waals surface area contributed by atoms with E-state index in [9.17, 15) is 14.7 Å². The molecule has 6 heteroatoms. The largest absolute Gasteiger partial charge is 0.379 e. The van der Waals surface area contributed by atoms with Gasteiger partial charge in [-0.2, -0.15) is 0 Å². The Hall–Kier alpha value is -1.92. The van der Waals surface area contributed by atoms with E-state index in [1.165, 1.54) is 12.5 Å². The van der Waals surface area contributed by atoms with Crippen LogP contribution in [0.25, 0.3) is 0 Å². The molecule has 1 atom stereocenters. The topological polar surface area (TPSA) is 81.7 Å². The quantitative estimate of drug-likeness (QED) is 0.598. The molecular formula is C18H27N3O3. The van der Waals surface area contributed by atoms with E-state index in [-0.39, 0.29) is 18.4 Å². The summed E-state index contributed by atoms with van der Waals surface area (Å²) in [5.41, 5.74) is -0.154. The first-order valence-electron chi connectivity index (χ1n) is 8.52. The van der Waals surface area contributed by atoms with Crippen molar-refractivity contribution in [2.75, 3.05) is 32.7 Å². The van der Waals surface area contributed by atoms with Crippen molar-refractivity contribution in [1.29, 1.82) is 0 Å². The number of hydrogen-bond acceptors (Lipinski definition) is 4. The van der Waals surface area contributed by atoms with Crippen LogP contribution in [0.2, 0.25) is 0 Å². The monoisotopic (exact) mass is 333 g/mol. The summed E-state index contributed by atoms with van der Waals surface area (Å²) >= 11 is 0. The van der Waals surface area contributed by atoms with Crippen LogP contribution in [0.1, 0.15) is 25.3 Å². The molecule has 0 aliphatic carbocycles. The number of carbonyl (C=O) groups excluding carboxylic acids is 2. The third-order valence-corrected chi connectivity index (χ3v) is 4.31. The normalized spacial score (nSPS) is 20.9. The SMILES string of the molecule is CC(=O)NCCNC[C@@]1(O)CCCN(CCc2ccccc2)C1=O. The van der Waals surface area contributed by atoms with Crippen molar-refractivity contribution in [3.05, 3.63) is 35.9 Å². The zero-order chi connectivity index (χ0) is 17.4. The van der Waals surface area contributed by atoms with Crippen LogP contribution in [-0.2, 0) is 16.0 Å². The first-order valence-corrected chi connectivity index (χ1v) is 8.52. The number of nitrogens with zero attached hydrogens (tertiary/aromatic N) is 1. The first-order chi connectivity index (χ1) is 11.5. The highest BCUT2D eigenvalue weighted by Crippen LogP contribution is 2.22. The standard InChI is InChI=1S/C18H27N3O3/c1-15(22)20-11-10-19-14-18(24)9-5-12-21(17(18)23)13-8-16-6-3-2-4-7-16/h2-4,6-7,19,24H,5,8-14H2,1H3,(H,20,22)/t18-/m0/s1. The number of aliphatic hydroxyl groups is 1. The molecule has 1 aromatic carbocycles. The Morgan fingerprint density at radius 1 is 1.29 bits per heavy atom. The Kier molecular flexibility index (Phi) is 6.75. The molecule has 132 valence electrons. The van der Waals surface area contributed by atoms with Crippen molar-refractivity contribution in [2.45, 2.75) is 31.8 Å². The highest BCUT2D eigenvalue weighted by Gasteiger charge is 2.41. The molecule has 0 saturated carbocycles. The zero-order valence-corrected chi connectivity index (χ0v) is 14.3. The van der Waals surface area contributed by atoms with Gasteiger partial charge in [0.1, 0.15) is 0 Å². The Bertz CT molecular complexity index is 550. The summed E-state index contributed by atoms with van der Waals surface area (Å²) in [6, 6.07) is 10.0. The van der Waals surface area contributed by atoms with Crippen LogP contribution >= 0.6 is 0 Å². The zero-order valence-electron chi connectivity index (χ0n) is 14.3. The molecule has 3 N–H and O–H groups in total. The van der Waals surface area contributed by atoms with Gasteiger partial charge in [0.2, 0.25) is 5.91 Å². The van der Waals surface area contributed by atoms with Gasteiger partial charge < -0.3 is 20.6 Å². The third-order valence-electron chi connectivity index (χ3n) is 4.31. The fourth-order valence-electron chi connectivity index (χ4n) is 2.97. The summed E-state index contributed by atoms with van der Waals surface area (Å²) in [5.74, 6) is -0.284. The lowest BCUT2D eigenvalue weighted by molar-refractivity contribution is -0.156. The van der Waals surface area contributed by atoms with Crippen LogP contribution < -0.4 is 10.6 Å². The molecule has 0 radical (unpaired) electrons. The summed E-state index contributed by atoms with van der Waals surface area (Å²) in [7, 11) is 0. The van der Waals surface area contributed by atoms with Crippen molar-refractivity contribution >= 4 is 11.8 Å². The Balaban J connectivity index is 1.80. The van der Waals surface area contributed by atoms with E-state index >= 15 is 0 Å². The number of likely N-dealkylation sites (tertiary alicyclic amines) is 1. The molecule has 0 spiro atoms. The van der Waals surface area contributed by atoms with Crippen LogP contribution in [0, 0.1) is 0 Å². The number of hydrogen-bond donors (Lipinski definition) is 3. The predicted octanol–water partition coefficient (Wildman–Crippen LogP) is 0.308. The first kappa shape index (κ1) is 18.4. The molecule has 1 heterocycles. The molecule has 2 rings (SSSR count). The maximum atomic E-state index is 12.6. The second-order valence-corrected chi connectivity index (χ2v) is 6.32. The molecule has 0 aromatic heterocycles. The third kappa shape index (κ3) is 5.32. The summed E-state index contributed by atoms with van der Waals surface area (Å²) < 4.78 is 0. The fourth-order valence-corrected chi connectivity index (χ4v) is 2.97. The summed E-state index contributed by atoms with van der Waals surface area (Å²) in [4.78, 5) is 25.2. The van der Waals surface area contributed by atoms with Gasteiger partial charge >= 0.3 is 0 Å². The number of benzene rings is 1. The Labute approximate surface area is 143 Å². The summed E-state index contributed by atoms with van der Waals surface area (Å²) in [6.45, 7) is 4.00. The van der Waals surface area contributed by atoms with E-state index in [4.69, 9.17) is 0 Å². The maximum absolute atomic E-state index is 12.6. The second kappa shape index (κ2) is 8.80. The lowest BCUT2D eigenvalue weighted by Gasteiger charge is -2.38. The molecular weight excluding hydrogens is 306 g/mol. The van der Waals surface area contributed by atoms with Crippen LogP contribution in [-0.4, -0.2) is 60.1 Å². The highest BCUT2D eigenvalue weighted by atomic mass is 16.3. The van der Waals surface area contributed by atoms with Gasteiger partial charge in [0.05, 0.1) is 0 Å². The van der Waals surface area contributed by atoms with Gasteiger partial charge in [0, 0.05) is 39.6 Å². The molecule has 0 unspecified atom stereocenters. The smallest absolute Gasteiger partial charge is 0.255 e. The van der Waals surface area contributed by atoms with Crippen molar-refractivity contribution in [3.63, 3.8) is 0 Å². The Morgan fingerprint density at radius 3 is 2.75 bits per heavy atom. The van der Waals surface area contributed by atoms with Gasteiger partial charge in [0.25, 0.3) is 5.91 Å². The average Bonchev–Trinajstić information content (AvgIpc) is 2.57. The molecule has 1 aromatic rings. The molecule has 1 saturated heterocycles. The van der Waals surface area contributed by atoms with Crippen molar-refractivity contribution in [3.8, 4) is 0 Å². The van der Waals surface area contributed by atoms with E-state index in [1.54, 1.807) is 4.90 Å². The van der Waals surface area contributed by atoms with Gasteiger partial charge in [-0.1, -0.05) is 30.3 Å². The van der Waals surface area contributed by atoms with Gasteiger partial charge in [-0.15, -0.1) is 0 Å². The number of rotatable bonds is 8. The van der Waals surface area contributed by atoms with E-state index in [0.717, 1.165) is 12.8 Å². The fraction of sp³-hybridized carbons (Fsp3) is 0.556. The van der Waals surface area contributed by atoms with Crippen molar-refractivity contribution in [1.82, 2.24) is 15.5 Å². The molecule has 2 amide bonds. The van der Waals surface area contributed by atoms with Crippen molar-refractivity contribution < 1.29 is 14.7 Å². The minimum atomic E-state index is -1.34. The average molecular weight is 333 g/mol. The van der Waals surface area contributed by atoms with Crippen LogP contribution in [0.3, 0.4) is 0 Å². The van der Waals surface area contributed by atoms with E-state index in [0.29, 0.717) is 32.6 Å². The van der Waals surface area contributed by atoms with E-state index in [1.807, 2.05) is 30.3 Å². The number of nitrogens with one attached hydrogen (secondary N) is 2. The molecule has 1 fully saturated rings. The highest BCUT2D eigenvalue weighted by molar-refractivity contribution is 5.86. The van der Waals surface area contributed by atoms with E-state index < -0.39 is 5.60 Å². The maximum Gasteiger partial charge on any atom is 0.255 e. The van der Waals surface area contributed by atoms with Gasteiger partial charge in [-0.3, -0.25) is 9.59 Å². The summed E-state index contributed by atoms with van der Waals surface area (Å²) in [6.07, 6.45) is 2.06. The van der Waals surface area contributed by atoms with Crippen molar-refractivity contribution in [2.24, 2.45) is 0 Å². The lowest BCUT2D eigenvalue weighted by Crippen LogP contribution is -2.58. The molecule has 1 aliphatic rings. The van der Waals surface area contributed by atoms with Gasteiger partial charge in [0.15, 0.2) is 5.60 Å². The number of piperidine rings is 1. The number of carbonyl (C=O) groups is 2. The van der Waals surface area contributed by atoms with Gasteiger partial charge in [-0.05, 0) is 24.8 Å². The number of amides is 2. The molecule has 0 bridgehead atoms. The van der Waals surface area contributed by atoms with Crippen LogP contribution in [0.15, 0.2) is 30.3 Å². The minimum Gasteiger partial charge on any atom is -0.379 e. The predicted molar refractivity (Wildman–Crippen MR) is 92.5 cm³/mol.